The molecule has 0 bridgehead atoms. The zero-order valence-corrected chi connectivity index (χ0v) is 17.4. The fourth-order valence-corrected chi connectivity index (χ4v) is 5.05. The van der Waals surface area contributed by atoms with Crippen LogP contribution < -0.4 is 9.21 Å². The molecular weight excluding hydrogens is 388 g/mol. The summed E-state index contributed by atoms with van der Waals surface area (Å²) in [4.78, 5) is 21.6. The first kappa shape index (κ1) is 19.8. The van der Waals surface area contributed by atoms with Crippen molar-refractivity contribution in [3.63, 3.8) is 0 Å². The maximum absolute atomic E-state index is 12.8. The third kappa shape index (κ3) is 4.43. The maximum Gasteiger partial charge on any atom is 0.232 e. The summed E-state index contributed by atoms with van der Waals surface area (Å²) in [6, 6.07) is 11.3. The molecule has 0 spiro atoms. The van der Waals surface area contributed by atoms with Crippen LogP contribution in [0.25, 0.3) is 0 Å². The first-order valence-electron chi connectivity index (χ1n) is 9.94. The molecule has 0 amide bonds. The van der Waals surface area contributed by atoms with Crippen molar-refractivity contribution in [2.45, 2.75) is 12.8 Å². The minimum absolute atomic E-state index is 0.0792. The predicted molar refractivity (Wildman–Crippen MR) is 114 cm³/mol. The minimum Gasteiger partial charge on any atom is -0.354 e. The first-order valence-corrected chi connectivity index (χ1v) is 11.8. The van der Waals surface area contributed by atoms with Gasteiger partial charge in [0.05, 0.1) is 18.5 Å². The van der Waals surface area contributed by atoms with Gasteiger partial charge in [-0.05, 0) is 48.7 Å². The molecular formula is C21H26N4O3S. The lowest BCUT2D eigenvalue weighted by molar-refractivity contribution is 0.0926. The van der Waals surface area contributed by atoms with Gasteiger partial charge in [0.25, 0.3) is 0 Å². The van der Waals surface area contributed by atoms with E-state index in [9.17, 15) is 13.2 Å². The summed E-state index contributed by atoms with van der Waals surface area (Å²) in [6.45, 7) is 4.20. The Bertz CT molecular complexity index is 986. The monoisotopic (exact) mass is 414 g/mol. The van der Waals surface area contributed by atoms with Crippen LogP contribution in [0.1, 0.15) is 22.3 Å². The molecule has 8 heteroatoms. The molecule has 0 aliphatic carbocycles. The molecule has 0 atom stereocenters. The van der Waals surface area contributed by atoms with E-state index in [-0.39, 0.29) is 5.78 Å². The highest BCUT2D eigenvalue weighted by Gasteiger charge is 2.25. The number of fused-ring (bicyclic) bond motifs is 1. The van der Waals surface area contributed by atoms with Gasteiger partial charge in [0.15, 0.2) is 5.78 Å². The van der Waals surface area contributed by atoms with Gasteiger partial charge in [-0.1, -0.05) is 6.07 Å². The van der Waals surface area contributed by atoms with Crippen molar-refractivity contribution < 1.29 is 13.2 Å². The molecule has 1 aromatic carbocycles. The highest BCUT2D eigenvalue weighted by Crippen LogP contribution is 2.30. The van der Waals surface area contributed by atoms with Gasteiger partial charge in [-0.15, -0.1) is 0 Å². The molecule has 29 heavy (non-hydrogen) atoms. The van der Waals surface area contributed by atoms with Crippen molar-refractivity contribution in [2.75, 3.05) is 54.7 Å². The van der Waals surface area contributed by atoms with E-state index in [1.807, 2.05) is 24.3 Å². The summed E-state index contributed by atoms with van der Waals surface area (Å²) >= 11 is 0. The van der Waals surface area contributed by atoms with Gasteiger partial charge >= 0.3 is 0 Å². The van der Waals surface area contributed by atoms with Gasteiger partial charge in [-0.2, -0.15) is 0 Å². The van der Waals surface area contributed by atoms with E-state index in [2.05, 4.69) is 14.8 Å². The number of aromatic nitrogens is 1. The van der Waals surface area contributed by atoms with Crippen LogP contribution in [0.3, 0.4) is 0 Å². The molecule has 0 radical (unpaired) electrons. The highest BCUT2D eigenvalue weighted by molar-refractivity contribution is 7.92. The van der Waals surface area contributed by atoms with E-state index < -0.39 is 10.0 Å². The Morgan fingerprint density at radius 2 is 1.86 bits per heavy atom. The van der Waals surface area contributed by atoms with Crippen molar-refractivity contribution in [3.8, 4) is 0 Å². The number of carbonyl (C=O) groups is 1. The summed E-state index contributed by atoms with van der Waals surface area (Å²) in [6.07, 6.45) is 4.59. The fourth-order valence-electron chi connectivity index (χ4n) is 4.05. The molecule has 1 fully saturated rings. The van der Waals surface area contributed by atoms with Crippen LogP contribution in [-0.4, -0.2) is 69.6 Å². The smallest absolute Gasteiger partial charge is 0.232 e. The van der Waals surface area contributed by atoms with Crippen LogP contribution in [0.2, 0.25) is 0 Å². The lowest BCUT2D eigenvalue weighted by atomic mass is 9.99. The van der Waals surface area contributed by atoms with E-state index in [0.29, 0.717) is 24.3 Å². The Morgan fingerprint density at radius 1 is 1.07 bits per heavy atom. The molecule has 1 aromatic heterocycles. The SMILES string of the molecule is CS(=O)(=O)N1CCCc2cc(C(=O)CN3CCN(c4ccccn4)CC3)ccc21. The molecule has 154 valence electrons. The van der Waals surface area contributed by atoms with E-state index >= 15 is 0 Å². The number of nitrogens with zero attached hydrogens (tertiary/aromatic N) is 4. The first-order chi connectivity index (χ1) is 13.9. The number of Topliss-reactive ketones (excluding diaryl/α,β-unsaturated/α-hetero) is 1. The van der Waals surface area contributed by atoms with E-state index in [4.69, 9.17) is 0 Å². The van der Waals surface area contributed by atoms with Gasteiger partial charge in [-0.25, -0.2) is 13.4 Å². The molecule has 0 saturated carbocycles. The second-order valence-corrected chi connectivity index (χ2v) is 9.56. The molecule has 1 saturated heterocycles. The van der Waals surface area contributed by atoms with Crippen LogP contribution in [-0.2, 0) is 16.4 Å². The number of anilines is 2. The number of pyridine rings is 1. The summed E-state index contributed by atoms with van der Waals surface area (Å²) in [5.74, 6) is 1.05. The standard InChI is InChI=1S/C21H26N4O3S/c1-29(27,28)25-10-4-5-17-15-18(7-8-19(17)25)20(26)16-23-11-13-24(14-12-23)21-6-2-3-9-22-21/h2-3,6-9,15H,4-5,10-14,16H2,1H3. The minimum atomic E-state index is -3.29. The van der Waals surface area contributed by atoms with E-state index in [1.54, 1.807) is 18.3 Å². The third-order valence-electron chi connectivity index (χ3n) is 5.59. The van der Waals surface area contributed by atoms with Crippen LogP contribution >= 0.6 is 0 Å². The summed E-state index contributed by atoms with van der Waals surface area (Å²) in [5, 5.41) is 0. The third-order valence-corrected chi connectivity index (χ3v) is 6.77. The number of rotatable bonds is 5. The Hall–Kier alpha value is -2.45. The molecule has 4 rings (SSSR count). The van der Waals surface area contributed by atoms with Gasteiger partial charge in [-0.3, -0.25) is 14.0 Å². The van der Waals surface area contributed by atoms with Gasteiger partial charge in [0, 0.05) is 44.5 Å². The number of carbonyl (C=O) groups excluding carboxylic acids is 1. The Labute approximate surface area is 172 Å². The second kappa shape index (κ2) is 8.12. The van der Waals surface area contributed by atoms with Crippen molar-refractivity contribution in [1.82, 2.24) is 9.88 Å². The molecule has 0 unspecified atom stereocenters. The predicted octanol–water partition coefficient (Wildman–Crippen LogP) is 1.80. The van der Waals surface area contributed by atoms with E-state index in [1.165, 1.54) is 10.6 Å². The van der Waals surface area contributed by atoms with Crippen molar-refractivity contribution >= 4 is 27.3 Å². The van der Waals surface area contributed by atoms with Crippen molar-refractivity contribution in [3.05, 3.63) is 53.7 Å². The maximum atomic E-state index is 12.8. The summed E-state index contributed by atoms with van der Waals surface area (Å²) < 4.78 is 25.4. The van der Waals surface area contributed by atoms with Crippen molar-refractivity contribution in [1.29, 1.82) is 0 Å². The fraction of sp³-hybridized carbons (Fsp3) is 0.429. The average molecular weight is 415 g/mol. The quantitative estimate of drug-likeness (QED) is 0.695. The summed E-state index contributed by atoms with van der Waals surface area (Å²) in [7, 11) is -3.29. The lowest BCUT2D eigenvalue weighted by Crippen LogP contribution is -2.48. The summed E-state index contributed by atoms with van der Waals surface area (Å²) in [5.41, 5.74) is 2.30. The Balaban J connectivity index is 1.40. The zero-order chi connectivity index (χ0) is 20.4. The van der Waals surface area contributed by atoms with Crippen LogP contribution in [0.5, 0.6) is 0 Å². The van der Waals surface area contributed by atoms with Crippen LogP contribution in [0, 0.1) is 0 Å². The topological polar surface area (TPSA) is 73.8 Å². The zero-order valence-electron chi connectivity index (χ0n) is 16.6. The number of sulfonamides is 1. The number of hydrogen-bond donors (Lipinski definition) is 0. The lowest BCUT2D eigenvalue weighted by Gasteiger charge is -2.35. The molecule has 0 N–H and O–H groups in total. The van der Waals surface area contributed by atoms with Crippen LogP contribution in [0.15, 0.2) is 42.6 Å². The van der Waals surface area contributed by atoms with Gasteiger partial charge in [0.1, 0.15) is 5.82 Å². The number of benzene rings is 1. The number of piperazine rings is 1. The van der Waals surface area contributed by atoms with Crippen molar-refractivity contribution in [2.24, 2.45) is 0 Å². The Morgan fingerprint density at radius 3 is 2.55 bits per heavy atom. The molecule has 2 aromatic rings. The highest BCUT2D eigenvalue weighted by atomic mass is 32.2. The molecule has 3 heterocycles. The average Bonchev–Trinajstić information content (AvgIpc) is 2.73. The molecule has 2 aliphatic heterocycles. The van der Waals surface area contributed by atoms with Gasteiger partial charge < -0.3 is 4.90 Å². The number of hydrogen-bond acceptors (Lipinski definition) is 6. The second-order valence-electron chi connectivity index (χ2n) is 7.66. The van der Waals surface area contributed by atoms with Gasteiger partial charge in [0.2, 0.25) is 10.0 Å². The van der Waals surface area contributed by atoms with E-state index in [0.717, 1.165) is 50.4 Å². The number of aryl methyl sites for hydroxylation is 1. The normalized spacial score (nSPS) is 17.8. The molecule has 7 nitrogen and oxygen atoms in total. The van der Waals surface area contributed by atoms with Crippen LogP contribution in [0.4, 0.5) is 11.5 Å². The molecule has 2 aliphatic rings. The number of ketones is 1. The largest absolute Gasteiger partial charge is 0.354 e. The Kier molecular flexibility index (Phi) is 5.56.